The summed E-state index contributed by atoms with van der Waals surface area (Å²) in [5.41, 5.74) is 0.0774. The summed E-state index contributed by atoms with van der Waals surface area (Å²) in [7, 11) is 0. The SMILES string of the molecule is O=C1C[C@@H](N2CCC(O)(c3ccc(Cl)cc3)CC2)C(=O)N1c1cccc(F)c1. The first-order valence-corrected chi connectivity index (χ1v) is 9.60. The molecule has 2 amide bonds. The number of anilines is 1. The topological polar surface area (TPSA) is 60.9 Å². The van der Waals surface area contributed by atoms with Crippen molar-refractivity contribution in [1.82, 2.24) is 4.90 Å². The van der Waals surface area contributed by atoms with Gasteiger partial charge in [0.1, 0.15) is 5.82 Å². The van der Waals surface area contributed by atoms with Crippen LogP contribution in [0.25, 0.3) is 0 Å². The lowest BCUT2D eigenvalue weighted by Gasteiger charge is -2.40. The van der Waals surface area contributed by atoms with Crippen LogP contribution in [0.15, 0.2) is 48.5 Å². The fourth-order valence-electron chi connectivity index (χ4n) is 4.04. The molecule has 0 aromatic heterocycles. The van der Waals surface area contributed by atoms with Crippen LogP contribution in [0.2, 0.25) is 5.02 Å². The molecule has 0 saturated carbocycles. The van der Waals surface area contributed by atoms with E-state index < -0.39 is 17.5 Å². The molecule has 0 bridgehead atoms. The van der Waals surface area contributed by atoms with Gasteiger partial charge in [-0.1, -0.05) is 29.8 Å². The molecule has 1 N–H and O–H groups in total. The van der Waals surface area contributed by atoms with Crippen LogP contribution in [-0.4, -0.2) is 41.0 Å². The highest BCUT2D eigenvalue weighted by molar-refractivity contribution is 6.30. The number of imide groups is 1. The van der Waals surface area contributed by atoms with Gasteiger partial charge >= 0.3 is 0 Å². The minimum Gasteiger partial charge on any atom is -0.385 e. The monoisotopic (exact) mass is 402 g/mol. The van der Waals surface area contributed by atoms with Crippen molar-refractivity contribution < 1.29 is 19.1 Å². The molecule has 2 aliphatic heterocycles. The second-order valence-corrected chi connectivity index (χ2v) is 7.78. The number of carbonyl (C=O) groups is 2. The molecule has 2 aromatic carbocycles. The van der Waals surface area contributed by atoms with Crippen molar-refractivity contribution in [1.29, 1.82) is 0 Å². The smallest absolute Gasteiger partial charge is 0.251 e. The standard InChI is InChI=1S/C21H20ClFN2O3/c22-15-6-4-14(5-7-15)21(28)8-10-24(11-9-21)18-13-19(26)25(20(18)27)17-3-1-2-16(23)12-17/h1-7,12,18,28H,8-11,13H2/t18-/m1/s1. The number of carbonyl (C=O) groups excluding carboxylic acids is 2. The van der Waals surface area contributed by atoms with Crippen LogP contribution in [0.3, 0.4) is 0 Å². The zero-order valence-corrected chi connectivity index (χ0v) is 15.9. The molecule has 0 spiro atoms. The molecule has 0 aliphatic carbocycles. The summed E-state index contributed by atoms with van der Waals surface area (Å²) in [6.45, 7) is 0.972. The van der Waals surface area contributed by atoms with Crippen molar-refractivity contribution in [3.63, 3.8) is 0 Å². The second-order valence-electron chi connectivity index (χ2n) is 7.34. The molecule has 5 nitrogen and oxygen atoms in total. The summed E-state index contributed by atoms with van der Waals surface area (Å²) in [6, 6.07) is 12.0. The number of benzene rings is 2. The van der Waals surface area contributed by atoms with Crippen LogP contribution < -0.4 is 4.90 Å². The molecule has 2 saturated heterocycles. The van der Waals surface area contributed by atoms with Gasteiger partial charge in [0.25, 0.3) is 5.91 Å². The molecule has 2 fully saturated rings. The molecule has 2 heterocycles. The Morgan fingerprint density at radius 1 is 1.07 bits per heavy atom. The van der Waals surface area contributed by atoms with Crippen molar-refractivity contribution in [2.24, 2.45) is 0 Å². The molecule has 1 atom stereocenters. The first kappa shape index (κ1) is 19.1. The van der Waals surface area contributed by atoms with E-state index in [9.17, 15) is 19.1 Å². The molecule has 0 radical (unpaired) electrons. The van der Waals surface area contributed by atoms with Crippen molar-refractivity contribution in [2.75, 3.05) is 18.0 Å². The van der Waals surface area contributed by atoms with Crippen molar-refractivity contribution in [3.8, 4) is 0 Å². The lowest BCUT2D eigenvalue weighted by molar-refractivity contribution is -0.124. The van der Waals surface area contributed by atoms with E-state index in [0.717, 1.165) is 10.5 Å². The molecule has 2 aromatic rings. The van der Waals surface area contributed by atoms with Crippen LogP contribution in [0, 0.1) is 5.82 Å². The zero-order chi connectivity index (χ0) is 19.9. The predicted molar refractivity (Wildman–Crippen MR) is 103 cm³/mol. The van der Waals surface area contributed by atoms with E-state index in [-0.39, 0.29) is 23.9 Å². The summed E-state index contributed by atoms with van der Waals surface area (Å²) in [5.74, 6) is -1.17. The Labute approximate surface area is 167 Å². The number of hydrogen-bond donors (Lipinski definition) is 1. The summed E-state index contributed by atoms with van der Waals surface area (Å²) < 4.78 is 13.5. The maximum absolute atomic E-state index is 13.5. The molecule has 4 rings (SSSR count). The number of piperidine rings is 1. The molecule has 0 unspecified atom stereocenters. The van der Waals surface area contributed by atoms with Gasteiger partial charge in [-0.15, -0.1) is 0 Å². The fraction of sp³-hybridized carbons (Fsp3) is 0.333. The molecular weight excluding hydrogens is 383 g/mol. The van der Waals surface area contributed by atoms with E-state index in [1.165, 1.54) is 18.2 Å². The minimum absolute atomic E-state index is 0.0642. The number of amides is 2. The maximum atomic E-state index is 13.5. The van der Waals surface area contributed by atoms with E-state index >= 15 is 0 Å². The molecule has 2 aliphatic rings. The summed E-state index contributed by atoms with van der Waals surface area (Å²) in [5, 5.41) is 11.6. The third kappa shape index (κ3) is 3.43. The van der Waals surface area contributed by atoms with Crippen molar-refractivity contribution in [2.45, 2.75) is 30.9 Å². The highest BCUT2D eigenvalue weighted by atomic mass is 35.5. The van der Waals surface area contributed by atoms with Crippen LogP contribution in [0.1, 0.15) is 24.8 Å². The Balaban J connectivity index is 1.47. The Morgan fingerprint density at radius 2 is 1.75 bits per heavy atom. The number of nitrogens with zero attached hydrogens (tertiary/aromatic N) is 2. The predicted octanol–water partition coefficient (Wildman–Crippen LogP) is 3.09. The number of likely N-dealkylation sites (tertiary alicyclic amines) is 1. The van der Waals surface area contributed by atoms with Gasteiger partial charge in [0.15, 0.2) is 0 Å². The normalized spacial score (nSPS) is 22.7. The molecular formula is C21H20ClFN2O3. The van der Waals surface area contributed by atoms with Gasteiger partial charge in [0.05, 0.1) is 23.8 Å². The van der Waals surface area contributed by atoms with Gasteiger partial charge in [-0.3, -0.25) is 14.5 Å². The number of aliphatic hydroxyl groups is 1. The van der Waals surface area contributed by atoms with Crippen LogP contribution in [0.4, 0.5) is 10.1 Å². The Hall–Kier alpha value is -2.28. The van der Waals surface area contributed by atoms with Crippen molar-refractivity contribution >= 4 is 29.1 Å². The average molecular weight is 403 g/mol. The van der Waals surface area contributed by atoms with E-state index in [1.54, 1.807) is 18.2 Å². The fourth-order valence-corrected chi connectivity index (χ4v) is 4.17. The quantitative estimate of drug-likeness (QED) is 0.801. The summed E-state index contributed by atoms with van der Waals surface area (Å²) in [4.78, 5) is 28.3. The van der Waals surface area contributed by atoms with Crippen LogP contribution in [0.5, 0.6) is 0 Å². The van der Waals surface area contributed by atoms with E-state index in [4.69, 9.17) is 11.6 Å². The number of hydrogen-bond acceptors (Lipinski definition) is 4. The van der Waals surface area contributed by atoms with Crippen molar-refractivity contribution in [3.05, 3.63) is 64.9 Å². The Morgan fingerprint density at radius 3 is 2.39 bits per heavy atom. The first-order chi connectivity index (χ1) is 13.4. The van der Waals surface area contributed by atoms with Gasteiger partial charge in [-0.05, 0) is 48.7 Å². The first-order valence-electron chi connectivity index (χ1n) is 9.22. The summed E-state index contributed by atoms with van der Waals surface area (Å²) >= 11 is 5.92. The number of rotatable bonds is 3. The van der Waals surface area contributed by atoms with Gasteiger partial charge in [-0.2, -0.15) is 0 Å². The van der Waals surface area contributed by atoms with Gasteiger partial charge in [-0.25, -0.2) is 9.29 Å². The highest BCUT2D eigenvalue weighted by Crippen LogP contribution is 2.36. The lowest BCUT2D eigenvalue weighted by Crippen LogP contribution is -2.49. The third-order valence-corrected chi connectivity index (χ3v) is 5.89. The Kier molecular flexibility index (Phi) is 4.95. The molecule has 146 valence electrons. The summed E-state index contributed by atoms with van der Waals surface area (Å²) in [6.07, 6.45) is 0.966. The van der Waals surface area contributed by atoms with E-state index in [1.807, 2.05) is 17.0 Å². The number of halogens is 2. The second kappa shape index (κ2) is 7.28. The third-order valence-electron chi connectivity index (χ3n) is 5.64. The van der Waals surface area contributed by atoms with E-state index in [0.29, 0.717) is 31.0 Å². The zero-order valence-electron chi connectivity index (χ0n) is 15.1. The van der Waals surface area contributed by atoms with Gasteiger partial charge in [0.2, 0.25) is 5.91 Å². The Bertz CT molecular complexity index is 910. The largest absolute Gasteiger partial charge is 0.385 e. The van der Waals surface area contributed by atoms with Gasteiger partial charge in [0, 0.05) is 18.1 Å². The van der Waals surface area contributed by atoms with Gasteiger partial charge < -0.3 is 5.11 Å². The van der Waals surface area contributed by atoms with Crippen LogP contribution in [-0.2, 0) is 15.2 Å². The highest BCUT2D eigenvalue weighted by Gasteiger charge is 2.45. The lowest BCUT2D eigenvalue weighted by atomic mass is 9.84. The van der Waals surface area contributed by atoms with Crippen LogP contribution >= 0.6 is 11.6 Å². The molecule has 28 heavy (non-hydrogen) atoms. The average Bonchev–Trinajstić information content (AvgIpc) is 2.97. The van der Waals surface area contributed by atoms with E-state index in [2.05, 4.69) is 0 Å². The minimum atomic E-state index is -0.977. The maximum Gasteiger partial charge on any atom is 0.251 e. The molecule has 7 heteroatoms.